The van der Waals surface area contributed by atoms with Gasteiger partial charge in [-0.05, 0) is 70.1 Å². The zero-order chi connectivity index (χ0) is 36.7. The average molecular weight is 811 g/mol. The fourth-order valence-electron chi connectivity index (χ4n) is 3.40. The first-order chi connectivity index (χ1) is 23.2. The Morgan fingerprint density at radius 2 is 1.00 bits per heavy atom. The number of nitrogens with one attached hydrogen (secondary N) is 2. The molecular formula is C28H34N4O10S7. The summed E-state index contributed by atoms with van der Waals surface area (Å²) >= 11 is 7.94. The second kappa shape index (κ2) is 21.1. The molecule has 0 heterocycles. The Hall–Kier alpha value is -2.37. The molecule has 21 heteroatoms. The van der Waals surface area contributed by atoms with Crippen molar-refractivity contribution in [1.82, 2.24) is 10.6 Å². The summed E-state index contributed by atoms with van der Waals surface area (Å²) in [6.45, 7) is 0. The van der Waals surface area contributed by atoms with Crippen LogP contribution in [0.3, 0.4) is 0 Å². The van der Waals surface area contributed by atoms with Crippen LogP contribution in [0.2, 0.25) is 0 Å². The van der Waals surface area contributed by atoms with Crippen LogP contribution in [0, 0.1) is 0 Å². The first-order valence-corrected chi connectivity index (χ1v) is 21.2. The second-order valence-electron chi connectivity index (χ2n) is 9.60. The maximum atomic E-state index is 13.3. The van der Waals surface area contributed by atoms with Crippen LogP contribution in [0.25, 0.3) is 0 Å². The molecule has 0 spiro atoms. The van der Waals surface area contributed by atoms with E-state index in [1.165, 1.54) is 48.5 Å². The topological polar surface area (TPSA) is 231 Å². The SMILES string of the molecule is COC(=O)C(CSSC(=O)[C@@H](N)CS)NC(=O)c1ccc(S(=O)(=O)c2ccc(C(=O)NC(CSSC(=O)[C@@H](N)CS)C(=O)OC)cc2)cc1. The highest BCUT2D eigenvalue weighted by Crippen LogP contribution is 2.26. The Morgan fingerprint density at radius 1 is 0.673 bits per heavy atom. The van der Waals surface area contributed by atoms with Crippen LogP contribution in [0.1, 0.15) is 20.7 Å². The van der Waals surface area contributed by atoms with Crippen LogP contribution < -0.4 is 22.1 Å². The van der Waals surface area contributed by atoms with Gasteiger partial charge in [-0.25, -0.2) is 18.0 Å². The van der Waals surface area contributed by atoms with Crippen molar-refractivity contribution in [2.75, 3.05) is 37.2 Å². The minimum atomic E-state index is -4.08. The molecule has 2 amide bonds. The van der Waals surface area contributed by atoms with Gasteiger partial charge in [0.15, 0.2) is 0 Å². The molecular weight excluding hydrogens is 777 g/mol. The first kappa shape index (κ1) is 42.8. The zero-order valence-corrected chi connectivity index (χ0v) is 31.8. The van der Waals surface area contributed by atoms with Crippen molar-refractivity contribution in [3.63, 3.8) is 0 Å². The lowest BCUT2D eigenvalue weighted by Gasteiger charge is -2.16. The number of benzene rings is 2. The molecule has 0 saturated carbocycles. The lowest BCUT2D eigenvalue weighted by Crippen LogP contribution is -2.43. The molecule has 0 radical (unpaired) electrons. The Kier molecular flexibility index (Phi) is 18.4. The average Bonchev–Trinajstić information content (AvgIpc) is 3.12. The smallest absolute Gasteiger partial charge is 0.329 e. The Labute approximate surface area is 310 Å². The van der Waals surface area contributed by atoms with Crippen LogP contribution >= 0.6 is 68.4 Å². The molecule has 2 aromatic rings. The Balaban J connectivity index is 2.08. The summed E-state index contributed by atoms with van der Waals surface area (Å²) in [5.74, 6) is -2.59. The van der Waals surface area contributed by atoms with E-state index in [9.17, 15) is 37.2 Å². The zero-order valence-electron chi connectivity index (χ0n) is 25.9. The van der Waals surface area contributed by atoms with Crippen molar-refractivity contribution in [2.45, 2.75) is 34.0 Å². The summed E-state index contributed by atoms with van der Waals surface area (Å²) in [6, 6.07) is 6.11. The maximum Gasteiger partial charge on any atom is 0.329 e. The van der Waals surface area contributed by atoms with E-state index in [1.807, 2.05) is 0 Å². The van der Waals surface area contributed by atoms with Crippen LogP contribution in [-0.4, -0.2) is 104 Å². The summed E-state index contributed by atoms with van der Waals surface area (Å²) in [4.78, 5) is 73.7. The third-order valence-corrected chi connectivity index (χ3v) is 13.4. The molecule has 0 saturated heterocycles. The number of amides is 2. The van der Waals surface area contributed by atoms with Crippen LogP contribution in [0.15, 0.2) is 58.3 Å². The van der Waals surface area contributed by atoms with E-state index in [4.69, 9.17) is 20.9 Å². The summed E-state index contributed by atoms with van der Waals surface area (Å²) < 4.78 is 36.0. The number of methoxy groups -OCH3 is 2. The summed E-state index contributed by atoms with van der Waals surface area (Å²) in [5.41, 5.74) is 11.4. The minimum absolute atomic E-state index is 0.0110. The molecule has 0 aliphatic rings. The number of hydrogen-bond donors (Lipinski definition) is 6. The maximum absolute atomic E-state index is 13.3. The molecule has 14 nitrogen and oxygen atoms in total. The van der Waals surface area contributed by atoms with Gasteiger partial charge in [-0.3, -0.25) is 19.2 Å². The largest absolute Gasteiger partial charge is 0.467 e. The van der Waals surface area contributed by atoms with E-state index >= 15 is 0 Å². The van der Waals surface area contributed by atoms with E-state index in [0.717, 1.165) is 57.4 Å². The molecule has 2 rings (SSSR count). The number of ether oxygens (including phenoxy) is 2. The van der Waals surface area contributed by atoms with E-state index < -0.39 is 57.8 Å². The molecule has 0 fully saturated rings. The highest BCUT2D eigenvalue weighted by molar-refractivity contribution is 8.82. The molecule has 0 bridgehead atoms. The number of thiol groups is 2. The van der Waals surface area contributed by atoms with Gasteiger partial charge in [0, 0.05) is 34.1 Å². The fourth-order valence-corrected chi connectivity index (χ4v) is 9.40. The van der Waals surface area contributed by atoms with Gasteiger partial charge >= 0.3 is 11.9 Å². The standard InChI is InChI=1S/C28H34N4O10S7/c1-41-25(35)21(13-45-47-27(37)19(29)11-43)31-23(33)15-3-7-17(8-4-15)49(39,40)18-9-5-16(6-10-18)24(34)32-22(26(36)42-2)14-46-48-28(38)20(30)12-44/h3-10,19-22,43-44H,11-14,29-30H2,1-2H3,(H,31,33)(H,32,34)/t19-,20-,21?,22?/m0/s1. The lowest BCUT2D eigenvalue weighted by molar-refractivity contribution is -0.143. The van der Waals surface area contributed by atoms with Crippen molar-refractivity contribution in [2.24, 2.45) is 11.5 Å². The normalized spacial score (nSPS) is 13.7. The third kappa shape index (κ3) is 13.0. The van der Waals surface area contributed by atoms with Gasteiger partial charge in [-0.15, -0.1) is 0 Å². The Bertz CT molecular complexity index is 1480. The summed E-state index contributed by atoms with van der Waals surface area (Å²) in [5, 5.41) is 4.33. The van der Waals surface area contributed by atoms with Gasteiger partial charge in [0.1, 0.15) is 12.1 Å². The fraction of sp³-hybridized carbons (Fsp3) is 0.357. The van der Waals surface area contributed by atoms with E-state index in [2.05, 4.69) is 35.9 Å². The Morgan fingerprint density at radius 3 is 1.29 bits per heavy atom. The molecule has 6 N–H and O–H groups in total. The van der Waals surface area contributed by atoms with Gasteiger partial charge in [0.05, 0.1) is 36.1 Å². The van der Waals surface area contributed by atoms with Crippen molar-refractivity contribution in [3.05, 3.63) is 59.7 Å². The molecule has 2 unspecified atom stereocenters. The van der Waals surface area contributed by atoms with Crippen molar-refractivity contribution >= 4 is 112 Å². The molecule has 49 heavy (non-hydrogen) atoms. The number of carbonyl (C=O) groups excluding carboxylic acids is 6. The van der Waals surface area contributed by atoms with Crippen LogP contribution in [0.5, 0.6) is 0 Å². The molecule has 4 atom stereocenters. The highest BCUT2D eigenvalue weighted by atomic mass is 33.1. The van der Waals surface area contributed by atoms with Gasteiger partial charge in [0.25, 0.3) is 11.8 Å². The van der Waals surface area contributed by atoms with E-state index in [-0.39, 0.29) is 54.2 Å². The van der Waals surface area contributed by atoms with Crippen molar-refractivity contribution in [3.8, 4) is 0 Å². The summed E-state index contributed by atoms with van der Waals surface area (Å²) in [7, 11) is 1.86. The lowest BCUT2D eigenvalue weighted by atomic mass is 10.2. The first-order valence-electron chi connectivity index (χ1n) is 13.8. The van der Waals surface area contributed by atoms with Gasteiger partial charge < -0.3 is 31.6 Å². The molecule has 0 aromatic heterocycles. The molecule has 268 valence electrons. The predicted molar refractivity (Wildman–Crippen MR) is 199 cm³/mol. The van der Waals surface area contributed by atoms with Crippen molar-refractivity contribution in [1.29, 1.82) is 0 Å². The quantitative estimate of drug-likeness (QED) is 0.0710. The minimum Gasteiger partial charge on any atom is -0.467 e. The molecule has 0 aliphatic heterocycles. The monoisotopic (exact) mass is 810 g/mol. The second-order valence-corrected chi connectivity index (χ2v) is 17.0. The van der Waals surface area contributed by atoms with Crippen LogP contribution in [0.4, 0.5) is 0 Å². The van der Waals surface area contributed by atoms with Crippen molar-refractivity contribution < 1.29 is 46.7 Å². The number of sulfone groups is 1. The van der Waals surface area contributed by atoms with Gasteiger partial charge in [-0.1, -0.05) is 21.6 Å². The number of esters is 2. The number of hydrogen-bond acceptors (Lipinski definition) is 18. The van der Waals surface area contributed by atoms with E-state index in [1.54, 1.807) is 0 Å². The number of carbonyl (C=O) groups is 6. The van der Waals surface area contributed by atoms with E-state index in [0.29, 0.717) is 0 Å². The third-order valence-electron chi connectivity index (χ3n) is 6.19. The number of nitrogens with two attached hydrogens (primary N) is 2. The van der Waals surface area contributed by atoms with Gasteiger partial charge in [0.2, 0.25) is 20.1 Å². The van der Waals surface area contributed by atoms with Gasteiger partial charge in [-0.2, -0.15) is 25.3 Å². The molecule has 0 aliphatic carbocycles. The van der Waals surface area contributed by atoms with Crippen LogP contribution in [-0.2, 0) is 38.5 Å². The summed E-state index contributed by atoms with van der Waals surface area (Å²) in [6.07, 6.45) is 0. The number of rotatable bonds is 18. The predicted octanol–water partition coefficient (Wildman–Crippen LogP) is 1.39. The highest BCUT2D eigenvalue weighted by Gasteiger charge is 2.26. The molecule has 2 aromatic carbocycles.